The monoisotopic (exact) mass is 606 g/mol. The third-order valence-corrected chi connectivity index (χ3v) is 7.23. The number of hydrogen-bond donors (Lipinski definition) is 8. The van der Waals surface area contributed by atoms with E-state index in [1.807, 2.05) is 30.3 Å². The molecule has 1 heterocycles. The summed E-state index contributed by atoms with van der Waals surface area (Å²) < 4.78 is 0. The first-order chi connectivity index (χ1) is 21.0. The van der Waals surface area contributed by atoms with E-state index in [1.54, 1.807) is 44.3 Å². The van der Waals surface area contributed by atoms with E-state index in [4.69, 9.17) is 17.2 Å². The van der Waals surface area contributed by atoms with Gasteiger partial charge in [0.05, 0.1) is 6.04 Å². The largest absolute Gasteiger partial charge is 0.480 e. The highest BCUT2D eigenvalue weighted by atomic mass is 16.4. The first kappa shape index (κ1) is 33.6. The molecule has 0 saturated carbocycles. The maximum atomic E-state index is 13.7. The van der Waals surface area contributed by atoms with Crippen molar-refractivity contribution in [2.75, 3.05) is 6.54 Å². The Hall–Kier alpha value is -4.91. The highest BCUT2D eigenvalue weighted by molar-refractivity contribution is 5.95. The molecule has 3 amide bonds. The molecule has 4 unspecified atom stereocenters. The van der Waals surface area contributed by atoms with E-state index in [9.17, 15) is 24.3 Å². The number of carboxylic acids is 1. The number of carbonyl (C=O) groups excluding carboxylic acids is 3. The first-order valence-electron chi connectivity index (χ1n) is 14.5. The molecule has 13 nitrogen and oxygen atoms in total. The molecule has 11 N–H and O–H groups in total. The summed E-state index contributed by atoms with van der Waals surface area (Å²) in [6.45, 7) is 3.79. The number of carbonyl (C=O) groups is 4. The number of aliphatic carboxylic acids is 1. The highest BCUT2D eigenvalue weighted by Crippen LogP contribution is 2.19. The van der Waals surface area contributed by atoms with E-state index < -0.39 is 47.9 Å². The summed E-state index contributed by atoms with van der Waals surface area (Å²) in [5.74, 6) is -3.33. The third-order valence-electron chi connectivity index (χ3n) is 7.23. The van der Waals surface area contributed by atoms with Gasteiger partial charge in [0.25, 0.3) is 0 Å². The number of H-pyrrole nitrogens is 1. The minimum Gasteiger partial charge on any atom is -0.480 e. The van der Waals surface area contributed by atoms with E-state index in [-0.39, 0.29) is 37.7 Å². The molecule has 44 heavy (non-hydrogen) atoms. The summed E-state index contributed by atoms with van der Waals surface area (Å²) in [7, 11) is 0. The summed E-state index contributed by atoms with van der Waals surface area (Å²) in [6, 6.07) is 12.1. The van der Waals surface area contributed by atoms with Crippen LogP contribution in [0, 0.1) is 5.92 Å². The second-order valence-corrected chi connectivity index (χ2v) is 11.0. The quantitative estimate of drug-likeness (QED) is 0.0649. The summed E-state index contributed by atoms with van der Waals surface area (Å²) in [6.07, 6.45) is 2.36. The Kier molecular flexibility index (Phi) is 12.3. The molecule has 3 rings (SSSR count). The number of fused-ring (bicyclic) bond motifs is 1. The van der Waals surface area contributed by atoms with Gasteiger partial charge in [-0.2, -0.15) is 0 Å². The number of aromatic nitrogens is 1. The van der Waals surface area contributed by atoms with Crippen LogP contribution in [0.5, 0.6) is 0 Å². The van der Waals surface area contributed by atoms with Crippen LogP contribution in [0.2, 0.25) is 0 Å². The standard InChI is InChI=1S/C31H42N8O5/c1-18(2)26(32)29(42)37-23(13-8-14-35-31(33)34)27(40)38-24(16-20-17-36-22-12-7-6-11-21(20)22)28(41)39-25(30(43)44)15-19-9-4-3-5-10-19/h3-7,9-12,17-18,23-26,36H,8,13-16,32H2,1-2H3,(H,37,42)(H,38,40)(H,39,41)(H,43,44)(H4,33,34,35). The maximum Gasteiger partial charge on any atom is 0.326 e. The molecule has 0 fully saturated rings. The van der Waals surface area contributed by atoms with Crippen molar-refractivity contribution in [1.82, 2.24) is 20.9 Å². The van der Waals surface area contributed by atoms with Gasteiger partial charge in [-0.05, 0) is 36.0 Å². The van der Waals surface area contributed by atoms with Crippen molar-refractivity contribution < 1.29 is 24.3 Å². The minimum absolute atomic E-state index is 0.0478. The number of amides is 3. The Morgan fingerprint density at radius 2 is 1.45 bits per heavy atom. The van der Waals surface area contributed by atoms with Crippen molar-refractivity contribution in [2.24, 2.45) is 28.1 Å². The Morgan fingerprint density at radius 3 is 2.11 bits per heavy atom. The molecule has 4 atom stereocenters. The molecule has 0 bridgehead atoms. The van der Waals surface area contributed by atoms with Gasteiger partial charge in [-0.3, -0.25) is 19.4 Å². The normalized spacial score (nSPS) is 13.8. The van der Waals surface area contributed by atoms with Crippen LogP contribution in [-0.4, -0.2) is 70.5 Å². The molecular weight excluding hydrogens is 564 g/mol. The van der Waals surface area contributed by atoms with Gasteiger partial charge in [0, 0.05) is 36.5 Å². The van der Waals surface area contributed by atoms with E-state index in [0.717, 1.165) is 22.0 Å². The van der Waals surface area contributed by atoms with Crippen LogP contribution < -0.4 is 33.2 Å². The van der Waals surface area contributed by atoms with E-state index in [1.165, 1.54) is 0 Å². The van der Waals surface area contributed by atoms with Crippen LogP contribution in [0.1, 0.15) is 37.8 Å². The zero-order valence-electron chi connectivity index (χ0n) is 25.0. The Morgan fingerprint density at radius 1 is 0.841 bits per heavy atom. The SMILES string of the molecule is CC(C)C(N)C(=O)NC(CCCN=C(N)N)C(=O)NC(Cc1c[nH]c2ccccc12)C(=O)NC(Cc1ccccc1)C(=O)O. The topological polar surface area (TPSA) is 231 Å². The van der Waals surface area contributed by atoms with Gasteiger partial charge in [-0.25, -0.2) is 4.79 Å². The fourth-order valence-corrected chi connectivity index (χ4v) is 4.67. The van der Waals surface area contributed by atoms with Gasteiger partial charge >= 0.3 is 5.97 Å². The molecule has 0 aliphatic rings. The van der Waals surface area contributed by atoms with Crippen molar-refractivity contribution in [3.05, 3.63) is 71.9 Å². The number of nitrogens with two attached hydrogens (primary N) is 3. The predicted molar refractivity (Wildman–Crippen MR) is 168 cm³/mol. The van der Waals surface area contributed by atoms with Gasteiger partial charge in [0.1, 0.15) is 18.1 Å². The fraction of sp³-hybridized carbons (Fsp3) is 0.387. The van der Waals surface area contributed by atoms with Crippen LogP contribution in [0.3, 0.4) is 0 Å². The number of nitrogens with one attached hydrogen (secondary N) is 4. The molecule has 0 saturated heterocycles. The molecular formula is C31H42N8O5. The summed E-state index contributed by atoms with van der Waals surface area (Å²) >= 11 is 0. The Balaban J connectivity index is 1.87. The van der Waals surface area contributed by atoms with Crippen LogP contribution >= 0.6 is 0 Å². The number of carboxylic acid groups (broad SMARTS) is 1. The molecule has 2 aromatic carbocycles. The zero-order chi connectivity index (χ0) is 32.2. The molecule has 0 aliphatic heterocycles. The third kappa shape index (κ3) is 9.83. The summed E-state index contributed by atoms with van der Waals surface area (Å²) in [5, 5.41) is 18.8. The van der Waals surface area contributed by atoms with Crippen LogP contribution in [-0.2, 0) is 32.0 Å². The number of rotatable bonds is 16. The van der Waals surface area contributed by atoms with Crippen LogP contribution in [0.15, 0.2) is 65.8 Å². The van der Waals surface area contributed by atoms with Crippen molar-refractivity contribution >= 4 is 40.6 Å². The van der Waals surface area contributed by atoms with Gasteiger partial charge in [-0.15, -0.1) is 0 Å². The molecule has 3 aromatic rings. The van der Waals surface area contributed by atoms with Gasteiger partial charge in [0.2, 0.25) is 17.7 Å². The molecule has 0 aliphatic carbocycles. The minimum atomic E-state index is -1.24. The predicted octanol–water partition coefficient (Wildman–Crippen LogP) is 0.529. The number of guanidine groups is 1. The Labute approximate surface area is 256 Å². The van der Waals surface area contributed by atoms with Crippen molar-refractivity contribution in [3.8, 4) is 0 Å². The smallest absolute Gasteiger partial charge is 0.326 e. The van der Waals surface area contributed by atoms with E-state index in [2.05, 4.69) is 25.9 Å². The Bertz CT molecular complexity index is 1450. The van der Waals surface area contributed by atoms with E-state index >= 15 is 0 Å². The molecule has 13 heteroatoms. The lowest BCUT2D eigenvalue weighted by molar-refractivity contribution is -0.142. The van der Waals surface area contributed by atoms with Crippen molar-refractivity contribution in [2.45, 2.75) is 63.7 Å². The highest BCUT2D eigenvalue weighted by Gasteiger charge is 2.31. The number of aliphatic imine (C=N–C) groups is 1. The van der Waals surface area contributed by atoms with Crippen molar-refractivity contribution in [3.63, 3.8) is 0 Å². The molecule has 0 radical (unpaired) electrons. The number of hydrogen-bond acceptors (Lipinski definition) is 6. The first-order valence-corrected chi connectivity index (χ1v) is 14.5. The van der Waals surface area contributed by atoms with Gasteiger partial charge in [-0.1, -0.05) is 62.4 Å². The molecule has 236 valence electrons. The average Bonchev–Trinajstić information content (AvgIpc) is 3.40. The number of benzene rings is 2. The molecule has 0 spiro atoms. The van der Waals surface area contributed by atoms with Gasteiger partial charge in [0.15, 0.2) is 5.96 Å². The summed E-state index contributed by atoms with van der Waals surface area (Å²) in [5.41, 5.74) is 19.1. The number of aromatic amines is 1. The number of para-hydroxylation sites is 1. The number of nitrogens with zero attached hydrogens (tertiary/aromatic N) is 1. The average molecular weight is 607 g/mol. The lowest BCUT2D eigenvalue weighted by Gasteiger charge is -2.26. The van der Waals surface area contributed by atoms with E-state index in [0.29, 0.717) is 6.42 Å². The van der Waals surface area contributed by atoms with Crippen LogP contribution in [0.25, 0.3) is 10.9 Å². The van der Waals surface area contributed by atoms with Gasteiger partial charge < -0.3 is 43.2 Å². The molecule has 1 aromatic heterocycles. The van der Waals surface area contributed by atoms with Crippen LogP contribution in [0.4, 0.5) is 0 Å². The second kappa shape index (κ2) is 16.1. The second-order valence-electron chi connectivity index (χ2n) is 11.0. The summed E-state index contributed by atoms with van der Waals surface area (Å²) in [4.78, 5) is 59.4. The maximum absolute atomic E-state index is 13.7. The lowest BCUT2D eigenvalue weighted by atomic mass is 10.0. The lowest BCUT2D eigenvalue weighted by Crippen LogP contribution is -2.58. The fourth-order valence-electron chi connectivity index (χ4n) is 4.67. The zero-order valence-corrected chi connectivity index (χ0v) is 25.0. The van der Waals surface area contributed by atoms with Crippen molar-refractivity contribution in [1.29, 1.82) is 0 Å².